The van der Waals surface area contributed by atoms with Crippen LogP contribution in [0.1, 0.15) is 56.1 Å². The molecule has 198 valence electrons. The molecule has 1 saturated heterocycles. The zero-order valence-electron chi connectivity index (χ0n) is 20.5. The molecule has 2 aromatic rings. The van der Waals surface area contributed by atoms with Crippen LogP contribution >= 0.6 is 0 Å². The molecule has 12 heteroatoms. The molecule has 2 aliphatic heterocycles. The summed E-state index contributed by atoms with van der Waals surface area (Å²) in [5.74, 6) is -1.03. The van der Waals surface area contributed by atoms with Crippen molar-refractivity contribution in [2.24, 2.45) is 0 Å². The van der Waals surface area contributed by atoms with Gasteiger partial charge >= 0.3 is 12.3 Å². The molecule has 2 aliphatic rings. The van der Waals surface area contributed by atoms with Gasteiger partial charge in [-0.2, -0.15) is 13.2 Å². The van der Waals surface area contributed by atoms with E-state index < -0.39 is 48.2 Å². The number of benzene rings is 1. The van der Waals surface area contributed by atoms with Crippen molar-refractivity contribution in [3.8, 4) is 0 Å². The number of carbonyl (C=O) groups is 1. The molecule has 0 aliphatic carbocycles. The smallest absolute Gasteiger partial charge is 0.407 e. The van der Waals surface area contributed by atoms with Crippen LogP contribution in [-0.4, -0.2) is 51.0 Å². The monoisotopic (exact) mass is 516 g/mol. The Morgan fingerprint density at radius 3 is 2.61 bits per heavy atom. The van der Waals surface area contributed by atoms with Crippen molar-refractivity contribution < 1.29 is 36.2 Å². The molecule has 0 spiro atoms. The lowest BCUT2D eigenvalue weighted by Crippen LogP contribution is -2.52. The summed E-state index contributed by atoms with van der Waals surface area (Å²) in [5.41, 5.74) is 0.232. The zero-order valence-corrected chi connectivity index (χ0v) is 20.5. The first kappa shape index (κ1) is 26.3. The van der Waals surface area contributed by atoms with E-state index in [0.717, 1.165) is 18.2 Å². The number of amides is 1. The highest BCUT2D eigenvalue weighted by Gasteiger charge is 2.41. The van der Waals surface area contributed by atoms with E-state index in [2.05, 4.69) is 10.3 Å². The lowest BCUT2D eigenvalue weighted by molar-refractivity contribution is -0.141. The number of imidazole rings is 1. The number of fused-ring (bicyclic) bond motifs is 1. The largest absolute Gasteiger partial charge is 0.444 e. The van der Waals surface area contributed by atoms with Gasteiger partial charge in [0, 0.05) is 24.7 Å². The number of alkyl halides is 3. The molecule has 1 fully saturated rings. The second-order valence-corrected chi connectivity index (χ2v) is 10.2. The molecular formula is C24H29F5N4O3. The highest BCUT2D eigenvalue weighted by molar-refractivity contribution is 5.68. The second kappa shape index (κ2) is 9.62. The maximum absolute atomic E-state index is 14.6. The van der Waals surface area contributed by atoms with E-state index in [1.165, 1.54) is 11.5 Å². The third kappa shape index (κ3) is 5.97. The van der Waals surface area contributed by atoms with Crippen LogP contribution in [0.2, 0.25) is 0 Å². The lowest BCUT2D eigenvalue weighted by atomic mass is 9.92. The van der Waals surface area contributed by atoms with E-state index in [9.17, 15) is 26.7 Å². The summed E-state index contributed by atoms with van der Waals surface area (Å²) in [6, 6.07) is 1.93. The Morgan fingerprint density at radius 1 is 1.22 bits per heavy atom. The summed E-state index contributed by atoms with van der Waals surface area (Å²) in [6.07, 6.45) is -5.82. The van der Waals surface area contributed by atoms with Gasteiger partial charge in [0.25, 0.3) is 0 Å². The maximum atomic E-state index is 14.6. The predicted molar refractivity (Wildman–Crippen MR) is 119 cm³/mol. The number of hydrogen-bond donors (Lipinski definition) is 1. The Labute approximate surface area is 205 Å². The van der Waals surface area contributed by atoms with Gasteiger partial charge in [-0.1, -0.05) is 0 Å². The van der Waals surface area contributed by atoms with Gasteiger partial charge in [-0.15, -0.1) is 0 Å². The number of alkyl carbamates (subject to hydrolysis) is 1. The van der Waals surface area contributed by atoms with Crippen molar-refractivity contribution >= 4 is 6.09 Å². The number of nitrogens with zero attached hydrogens (tertiary/aromatic N) is 3. The fourth-order valence-electron chi connectivity index (χ4n) is 4.77. The fourth-order valence-corrected chi connectivity index (χ4v) is 4.77. The number of hydrogen-bond acceptors (Lipinski definition) is 5. The van der Waals surface area contributed by atoms with Crippen molar-refractivity contribution in [3.63, 3.8) is 0 Å². The third-order valence-corrected chi connectivity index (χ3v) is 6.23. The van der Waals surface area contributed by atoms with Gasteiger partial charge in [0.15, 0.2) is 0 Å². The van der Waals surface area contributed by atoms with Gasteiger partial charge in [-0.05, 0) is 52.3 Å². The van der Waals surface area contributed by atoms with Crippen LogP contribution in [0.5, 0.6) is 0 Å². The topological polar surface area (TPSA) is 68.6 Å². The average molecular weight is 517 g/mol. The number of halogens is 5. The summed E-state index contributed by atoms with van der Waals surface area (Å²) in [5, 5.41) is 2.72. The Bertz CT molecular complexity index is 1130. The Hall–Kier alpha value is -2.73. The predicted octanol–water partition coefficient (Wildman–Crippen LogP) is 4.77. The summed E-state index contributed by atoms with van der Waals surface area (Å²) >= 11 is 0. The number of carbonyl (C=O) groups excluding carboxylic acids is 1. The lowest BCUT2D eigenvalue weighted by Gasteiger charge is -2.40. The molecule has 4 rings (SSSR count). The molecule has 1 amide bonds. The van der Waals surface area contributed by atoms with Crippen LogP contribution in [0.25, 0.3) is 0 Å². The molecule has 0 saturated carbocycles. The van der Waals surface area contributed by atoms with E-state index in [0.29, 0.717) is 23.8 Å². The van der Waals surface area contributed by atoms with E-state index in [4.69, 9.17) is 9.47 Å². The standard InChI is InChI=1S/C24H29F5N4O3/c1-13-30-19-9-32(10-20(19)33(13)12-24(27,28)29)15-8-18(31-22(34)36-23(2,3)4)21(35-11-15)16-7-14(25)5-6-17(16)26/h5-7,15,18,21H,8-12H2,1-4H3,(H,31,34)/t15?,18-,21+/m0/s1. The summed E-state index contributed by atoms with van der Waals surface area (Å²) in [7, 11) is 0. The van der Waals surface area contributed by atoms with Crippen LogP contribution < -0.4 is 5.32 Å². The van der Waals surface area contributed by atoms with Crippen molar-refractivity contribution in [1.29, 1.82) is 0 Å². The molecule has 1 N–H and O–H groups in total. The number of aromatic nitrogens is 2. The molecule has 36 heavy (non-hydrogen) atoms. The van der Waals surface area contributed by atoms with Gasteiger partial charge in [-0.3, -0.25) is 4.90 Å². The van der Waals surface area contributed by atoms with Crippen LogP contribution in [0.3, 0.4) is 0 Å². The van der Waals surface area contributed by atoms with E-state index in [1.54, 1.807) is 20.8 Å². The van der Waals surface area contributed by atoms with Crippen molar-refractivity contribution in [1.82, 2.24) is 19.8 Å². The number of aryl methyl sites for hydroxylation is 1. The van der Waals surface area contributed by atoms with Gasteiger partial charge in [0.1, 0.15) is 35.7 Å². The van der Waals surface area contributed by atoms with Gasteiger partial charge < -0.3 is 19.4 Å². The quantitative estimate of drug-likeness (QED) is 0.593. The Kier molecular flexibility index (Phi) is 7.04. The van der Waals surface area contributed by atoms with E-state index in [-0.39, 0.29) is 31.2 Å². The summed E-state index contributed by atoms with van der Waals surface area (Å²) in [6.45, 7) is 6.15. The van der Waals surface area contributed by atoms with Crippen molar-refractivity contribution in [2.75, 3.05) is 6.61 Å². The highest BCUT2D eigenvalue weighted by Crippen LogP contribution is 2.36. The molecule has 7 nitrogen and oxygen atoms in total. The van der Waals surface area contributed by atoms with Crippen molar-refractivity contribution in [2.45, 2.75) is 83.7 Å². The number of ether oxygens (including phenoxy) is 2. The Morgan fingerprint density at radius 2 is 1.94 bits per heavy atom. The minimum Gasteiger partial charge on any atom is -0.444 e. The average Bonchev–Trinajstić information content (AvgIpc) is 3.26. The minimum atomic E-state index is -4.38. The van der Waals surface area contributed by atoms with Gasteiger partial charge in [0.2, 0.25) is 0 Å². The summed E-state index contributed by atoms with van der Waals surface area (Å²) in [4.78, 5) is 18.8. The highest BCUT2D eigenvalue weighted by atomic mass is 19.4. The van der Waals surface area contributed by atoms with Crippen LogP contribution in [-0.2, 0) is 29.1 Å². The molecule has 0 bridgehead atoms. The van der Waals surface area contributed by atoms with Crippen LogP contribution in [0, 0.1) is 18.6 Å². The second-order valence-electron chi connectivity index (χ2n) is 10.2. The van der Waals surface area contributed by atoms with Crippen LogP contribution in [0.15, 0.2) is 18.2 Å². The van der Waals surface area contributed by atoms with Crippen molar-refractivity contribution in [3.05, 3.63) is 52.6 Å². The van der Waals surface area contributed by atoms with E-state index in [1.807, 2.05) is 4.90 Å². The molecule has 3 heterocycles. The normalized spacial score (nSPS) is 23.0. The molecule has 3 atom stereocenters. The zero-order chi connectivity index (χ0) is 26.4. The minimum absolute atomic E-state index is 0.0341. The van der Waals surface area contributed by atoms with Gasteiger partial charge in [-0.25, -0.2) is 18.6 Å². The molecule has 1 aromatic carbocycles. The molecule has 1 aromatic heterocycles. The molecular weight excluding hydrogens is 487 g/mol. The van der Waals surface area contributed by atoms with Gasteiger partial charge in [0.05, 0.1) is 24.0 Å². The molecule has 1 unspecified atom stereocenters. The summed E-state index contributed by atoms with van der Waals surface area (Å²) < 4.78 is 80.2. The molecule has 0 radical (unpaired) electrons. The maximum Gasteiger partial charge on any atom is 0.407 e. The van der Waals surface area contributed by atoms with E-state index >= 15 is 0 Å². The fraction of sp³-hybridized carbons (Fsp3) is 0.583. The number of nitrogens with one attached hydrogen (secondary N) is 1. The number of rotatable bonds is 4. The first-order chi connectivity index (χ1) is 16.7. The third-order valence-electron chi connectivity index (χ3n) is 6.23. The Balaban J connectivity index is 1.54. The van der Waals surface area contributed by atoms with Crippen LogP contribution in [0.4, 0.5) is 26.7 Å². The first-order valence-electron chi connectivity index (χ1n) is 11.6. The SMILES string of the molecule is Cc1nc2c(n1CC(F)(F)F)CN(C1CO[C@H](c3cc(F)ccc3F)[C@@H](NC(=O)OC(C)(C)C)C1)C2. The first-order valence-corrected chi connectivity index (χ1v) is 11.6.